The SMILES string of the molecule is C=CCCCC(C/C=C/CCC)[C](C(C/C=C/CCC)CCC=C)C(/C(=C/CCCOCC=C)CC/C=C/CCCOCCC=C)(C(/C=C/C)C/C=C/CCC)C(/C=C/CC)C/C=C/CCC. The van der Waals surface area contributed by atoms with Crippen LogP contribution in [0.15, 0.2) is 147 Å². The third kappa shape index (κ3) is 29.4. The van der Waals surface area contributed by atoms with Crippen LogP contribution in [0.5, 0.6) is 0 Å². The molecule has 0 heterocycles. The minimum Gasteiger partial charge on any atom is -0.381 e. The van der Waals surface area contributed by atoms with E-state index < -0.39 is 0 Å². The molecule has 0 bridgehead atoms. The summed E-state index contributed by atoms with van der Waals surface area (Å²) in [5.41, 5.74) is 1.37. The first-order valence-electron chi connectivity index (χ1n) is 27.7. The second kappa shape index (κ2) is 47.8. The Morgan fingerprint density at radius 2 is 0.985 bits per heavy atom. The van der Waals surface area contributed by atoms with Gasteiger partial charge in [-0.3, -0.25) is 0 Å². The average Bonchev–Trinajstić information content (AvgIpc) is 3.33. The van der Waals surface area contributed by atoms with Crippen LogP contribution in [0, 0.1) is 35.0 Å². The number of hydrogen-bond donors (Lipinski definition) is 0. The molecule has 5 unspecified atom stereocenters. The Morgan fingerprint density at radius 3 is 1.54 bits per heavy atom. The summed E-state index contributed by atoms with van der Waals surface area (Å²) in [6.45, 7) is 33.1. The molecule has 5 atom stereocenters. The molecular formula is C65H107O2. The second-order valence-corrected chi connectivity index (χ2v) is 18.4. The summed E-state index contributed by atoms with van der Waals surface area (Å²) in [5.74, 6) is 3.13. The number of unbranched alkanes of at least 4 members (excludes halogenated alkanes) is 7. The van der Waals surface area contributed by atoms with Gasteiger partial charge in [0.15, 0.2) is 0 Å². The Bertz CT molecular complexity index is 1410. The van der Waals surface area contributed by atoms with Crippen LogP contribution in [0.3, 0.4) is 0 Å². The number of rotatable bonds is 48. The van der Waals surface area contributed by atoms with E-state index in [1.54, 1.807) is 11.5 Å². The van der Waals surface area contributed by atoms with Crippen molar-refractivity contribution in [3.63, 3.8) is 0 Å². The molecular weight excluding hydrogens is 813 g/mol. The van der Waals surface area contributed by atoms with Gasteiger partial charge in [-0.15, -0.1) is 26.3 Å². The van der Waals surface area contributed by atoms with Crippen molar-refractivity contribution in [3.8, 4) is 0 Å². The van der Waals surface area contributed by atoms with Crippen LogP contribution in [-0.2, 0) is 9.47 Å². The lowest BCUT2D eigenvalue weighted by Gasteiger charge is -2.56. The van der Waals surface area contributed by atoms with Crippen LogP contribution >= 0.6 is 0 Å². The minimum absolute atomic E-state index is 0.262. The third-order valence-electron chi connectivity index (χ3n) is 12.9. The van der Waals surface area contributed by atoms with Crippen molar-refractivity contribution in [2.75, 3.05) is 26.4 Å². The normalized spacial score (nSPS) is 15.6. The van der Waals surface area contributed by atoms with Crippen molar-refractivity contribution < 1.29 is 9.47 Å². The molecule has 379 valence electrons. The number of allylic oxidation sites excluding steroid dienone is 18. The maximum Gasteiger partial charge on any atom is 0.0644 e. The van der Waals surface area contributed by atoms with E-state index in [4.69, 9.17) is 9.47 Å². The lowest BCUT2D eigenvalue weighted by Crippen LogP contribution is -2.49. The fourth-order valence-electron chi connectivity index (χ4n) is 9.66. The zero-order valence-corrected chi connectivity index (χ0v) is 44.9. The van der Waals surface area contributed by atoms with Gasteiger partial charge in [0.25, 0.3) is 0 Å². The maximum atomic E-state index is 6.06. The van der Waals surface area contributed by atoms with E-state index in [-0.39, 0.29) is 17.3 Å². The monoisotopic (exact) mass is 920 g/mol. The van der Waals surface area contributed by atoms with E-state index in [1.165, 1.54) is 12.8 Å². The first-order valence-corrected chi connectivity index (χ1v) is 27.7. The summed E-state index contributed by atoms with van der Waals surface area (Å²) in [6, 6.07) is 0. The van der Waals surface area contributed by atoms with Gasteiger partial charge >= 0.3 is 0 Å². The van der Waals surface area contributed by atoms with Crippen molar-refractivity contribution in [2.24, 2.45) is 29.1 Å². The summed E-state index contributed by atoms with van der Waals surface area (Å²) < 4.78 is 11.9. The lowest BCUT2D eigenvalue weighted by molar-refractivity contribution is 0.119. The summed E-state index contributed by atoms with van der Waals surface area (Å²) in [4.78, 5) is 0. The van der Waals surface area contributed by atoms with Crippen molar-refractivity contribution in [3.05, 3.63) is 153 Å². The van der Waals surface area contributed by atoms with Gasteiger partial charge in [0.05, 0.1) is 6.61 Å². The van der Waals surface area contributed by atoms with E-state index in [2.05, 4.69) is 171 Å². The molecule has 0 aromatic rings. The first-order chi connectivity index (χ1) is 33.0. The molecule has 0 aliphatic rings. The van der Waals surface area contributed by atoms with Gasteiger partial charge in [-0.1, -0.05) is 181 Å². The van der Waals surface area contributed by atoms with Crippen LogP contribution < -0.4 is 0 Å². The van der Waals surface area contributed by atoms with E-state index >= 15 is 0 Å². The van der Waals surface area contributed by atoms with Gasteiger partial charge in [0, 0.05) is 25.2 Å². The van der Waals surface area contributed by atoms with Crippen molar-refractivity contribution in [1.29, 1.82) is 0 Å². The Balaban J connectivity index is 9.10. The summed E-state index contributed by atoms with van der Waals surface area (Å²) >= 11 is 0. The molecule has 0 saturated carbocycles. The Labute approximate surface area is 418 Å². The lowest BCUT2D eigenvalue weighted by atomic mass is 9.47. The number of hydrogen-bond acceptors (Lipinski definition) is 2. The molecule has 0 saturated heterocycles. The van der Waals surface area contributed by atoms with Gasteiger partial charge in [0.1, 0.15) is 0 Å². The van der Waals surface area contributed by atoms with Gasteiger partial charge in [-0.2, -0.15) is 0 Å². The largest absolute Gasteiger partial charge is 0.381 e. The van der Waals surface area contributed by atoms with Crippen LogP contribution in [0.25, 0.3) is 0 Å². The topological polar surface area (TPSA) is 18.5 Å². The molecule has 0 N–H and O–H groups in total. The molecule has 0 aliphatic heterocycles. The van der Waals surface area contributed by atoms with Crippen molar-refractivity contribution in [1.82, 2.24) is 0 Å². The molecule has 0 aromatic carbocycles. The predicted octanol–water partition coefficient (Wildman–Crippen LogP) is 20.5. The third-order valence-corrected chi connectivity index (χ3v) is 12.9. The molecule has 0 rings (SSSR count). The summed E-state index contributed by atoms with van der Waals surface area (Å²) in [7, 11) is 0. The Hall–Kier alpha value is -3.20. The first kappa shape index (κ1) is 63.8. The van der Waals surface area contributed by atoms with Crippen LogP contribution in [0.1, 0.15) is 202 Å². The van der Waals surface area contributed by atoms with Crippen molar-refractivity contribution >= 4 is 0 Å². The molecule has 67 heavy (non-hydrogen) atoms. The zero-order valence-electron chi connectivity index (χ0n) is 44.9. The Kier molecular flexibility index (Phi) is 45.6. The fraction of sp³-hybridized carbons (Fsp3) is 0.615. The van der Waals surface area contributed by atoms with Gasteiger partial charge < -0.3 is 9.47 Å². The second-order valence-electron chi connectivity index (χ2n) is 18.4. The predicted molar refractivity (Wildman–Crippen MR) is 304 cm³/mol. The average molecular weight is 921 g/mol. The molecule has 0 spiro atoms. The van der Waals surface area contributed by atoms with Crippen LogP contribution in [-0.4, -0.2) is 26.4 Å². The standard InChI is InChI=1S/C65H107O2/c1-11-21-29-37-48-59(46-26-16-6)64(60(47-36-25-15-5)49-38-30-22-12-2)65(61(45-19-9)51-39-31-23-13-3,62(50-27-17-7)52-40-32-24-14-4)63(54-42-44-58-66-55-20-10)53-41-34-33-35-43-57-67-56-28-18-8/h15-16,18-20,27,29-34,37-40,45,50,54,59-62H,5-6,8,10-14,17,21-26,28,35-36,41-44,46-49,51-53,55-58H2,1-4,7,9H3/b34-33+,37-29+,38-30+,39-31+,40-32+,45-19+,50-27+,63-54+. The van der Waals surface area contributed by atoms with Crippen LogP contribution in [0.2, 0.25) is 0 Å². The van der Waals surface area contributed by atoms with Gasteiger partial charge in [0.2, 0.25) is 0 Å². The number of ether oxygens (including phenoxy) is 2. The van der Waals surface area contributed by atoms with Gasteiger partial charge in [-0.25, -0.2) is 0 Å². The maximum absolute atomic E-state index is 6.06. The van der Waals surface area contributed by atoms with Crippen molar-refractivity contribution in [2.45, 2.75) is 202 Å². The molecule has 0 aliphatic carbocycles. The molecule has 0 fully saturated rings. The summed E-state index contributed by atoms with van der Waals surface area (Å²) in [5, 5.41) is 0. The quantitative estimate of drug-likeness (QED) is 0.0447. The highest BCUT2D eigenvalue weighted by Gasteiger charge is 2.54. The highest BCUT2D eigenvalue weighted by Crippen LogP contribution is 2.62. The molecule has 1 radical (unpaired) electrons. The zero-order chi connectivity index (χ0) is 49.3. The highest BCUT2D eigenvalue weighted by molar-refractivity contribution is 5.37. The minimum atomic E-state index is -0.262. The molecule has 2 nitrogen and oxygen atoms in total. The highest BCUT2D eigenvalue weighted by atomic mass is 16.5. The fourth-order valence-corrected chi connectivity index (χ4v) is 9.66. The Morgan fingerprint density at radius 1 is 0.463 bits per heavy atom. The molecule has 0 amide bonds. The molecule has 2 heteroatoms. The van der Waals surface area contributed by atoms with Gasteiger partial charge in [-0.05, 0) is 171 Å². The smallest absolute Gasteiger partial charge is 0.0644 e. The molecule has 0 aromatic heterocycles. The van der Waals surface area contributed by atoms with E-state index in [0.29, 0.717) is 18.4 Å². The summed E-state index contributed by atoms with van der Waals surface area (Å²) in [6.07, 6.45) is 72.9. The van der Waals surface area contributed by atoms with E-state index in [1.807, 2.05) is 12.2 Å². The van der Waals surface area contributed by atoms with E-state index in [9.17, 15) is 0 Å². The van der Waals surface area contributed by atoms with Crippen LogP contribution in [0.4, 0.5) is 0 Å². The van der Waals surface area contributed by atoms with E-state index in [0.717, 1.165) is 167 Å².